The van der Waals surface area contributed by atoms with Crippen molar-refractivity contribution in [2.24, 2.45) is 5.41 Å². The minimum Gasteiger partial charge on any atom is -0.504 e. The molecule has 0 atom stereocenters. The van der Waals surface area contributed by atoms with Gasteiger partial charge in [-0.1, -0.05) is 20.8 Å². The second-order valence-corrected chi connectivity index (χ2v) is 9.60. The quantitative estimate of drug-likeness (QED) is 0.767. The Bertz CT molecular complexity index is 876. The van der Waals surface area contributed by atoms with E-state index >= 15 is 0 Å². The second-order valence-electron chi connectivity index (χ2n) is 7.17. The molecule has 6 nitrogen and oxygen atoms in total. The highest BCUT2D eigenvalue weighted by atomic mass is 32.2. The van der Waals surface area contributed by atoms with Gasteiger partial charge in [0.05, 0.1) is 11.3 Å². The van der Waals surface area contributed by atoms with Gasteiger partial charge < -0.3 is 10.4 Å². The summed E-state index contributed by atoms with van der Waals surface area (Å²) in [6.45, 7) is 5.51. The number of phenolic OH excluding ortho intramolecular Hbond substituents is 1. The minimum atomic E-state index is -5.21. The lowest BCUT2D eigenvalue weighted by Crippen LogP contribution is -2.46. The van der Waals surface area contributed by atoms with Gasteiger partial charge in [0.15, 0.2) is 20.3 Å². The maximum absolute atomic E-state index is 13.2. The van der Waals surface area contributed by atoms with Crippen LogP contribution in [0.4, 0.5) is 18.9 Å². The number of sulfone groups is 1. The van der Waals surface area contributed by atoms with Gasteiger partial charge in [-0.05, 0) is 26.0 Å². The van der Waals surface area contributed by atoms with Gasteiger partial charge in [-0.25, -0.2) is 8.42 Å². The van der Waals surface area contributed by atoms with Gasteiger partial charge in [0.1, 0.15) is 11.0 Å². The topological polar surface area (TPSA) is 107 Å². The Morgan fingerprint density at radius 1 is 1.15 bits per heavy atom. The number of anilines is 1. The summed E-state index contributed by atoms with van der Waals surface area (Å²) >= 11 is 0. The predicted octanol–water partition coefficient (Wildman–Crippen LogP) is 3.36. The maximum atomic E-state index is 13.2. The molecule has 0 saturated carbocycles. The molecule has 144 valence electrons. The lowest BCUT2D eigenvalue weighted by atomic mass is 9.95. The van der Waals surface area contributed by atoms with Gasteiger partial charge in [-0.3, -0.25) is 4.79 Å². The molecule has 0 aliphatic carbocycles. The van der Waals surface area contributed by atoms with E-state index in [0.29, 0.717) is 13.8 Å². The SMILES string of the molecule is CC(C)(C)C(=O)Nc1ccc(C#N)c(S(=O)(=O)C(C)(C)C(F)(F)F)c1O. The molecule has 0 aliphatic heterocycles. The summed E-state index contributed by atoms with van der Waals surface area (Å²) in [7, 11) is -5.21. The van der Waals surface area contributed by atoms with E-state index < -0.39 is 54.0 Å². The highest BCUT2D eigenvalue weighted by Gasteiger charge is 2.58. The molecular formula is C16H19F3N2O4S. The lowest BCUT2D eigenvalue weighted by Gasteiger charge is -2.28. The number of nitriles is 1. The van der Waals surface area contributed by atoms with Crippen molar-refractivity contribution >= 4 is 21.4 Å². The van der Waals surface area contributed by atoms with Crippen LogP contribution in [-0.2, 0) is 14.6 Å². The van der Waals surface area contributed by atoms with Crippen LogP contribution in [0, 0.1) is 16.7 Å². The molecule has 0 spiro atoms. The third-order valence-corrected chi connectivity index (χ3v) is 6.33. The number of phenols is 1. The van der Waals surface area contributed by atoms with Crippen molar-refractivity contribution in [3.8, 4) is 11.8 Å². The van der Waals surface area contributed by atoms with Crippen LogP contribution in [0.2, 0.25) is 0 Å². The van der Waals surface area contributed by atoms with Gasteiger partial charge >= 0.3 is 6.18 Å². The summed E-state index contributed by atoms with van der Waals surface area (Å²) < 4.78 is 61.6. The number of nitrogens with one attached hydrogen (secondary N) is 1. The number of hydrogen-bond donors (Lipinski definition) is 2. The molecule has 0 radical (unpaired) electrons. The van der Waals surface area contributed by atoms with E-state index in [9.17, 15) is 31.5 Å². The second kappa shape index (κ2) is 6.46. The van der Waals surface area contributed by atoms with E-state index in [2.05, 4.69) is 5.32 Å². The summed E-state index contributed by atoms with van der Waals surface area (Å²) in [4.78, 5) is 10.9. The van der Waals surface area contributed by atoms with Crippen molar-refractivity contribution < 1.29 is 31.5 Å². The van der Waals surface area contributed by atoms with Crippen molar-refractivity contribution in [3.05, 3.63) is 17.7 Å². The van der Waals surface area contributed by atoms with Crippen LogP contribution in [-0.4, -0.2) is 30.4 Å². The number of carbonyl (C=O) groups is 1. The molecule has 1 rings (SSSR count). The molecule has 1 aromatic carbocycles. The Balaban J connectivity index is 3.70. The molecule has 0 fully saturated rings. The number of carbonyl (C=O) groups excluding carboxylic acids is 1. The number of nitrogens with zero attached hydrogens (tertiary/aromatic N) is 1. The van der Waals surface area contributed by atoms with Crippen LogP contribution in [0.1, 0.15) is 40.2 Å². The fourth-order valence-electron chi connectivity index (χ4n) is 1.75. The van der Waals surface area contributed by atoms with Crippen LogP contribution >= 0.6 is 0 Å². The first kappa shape index (κ1) is 21.8. The van der Waals surface area contributed by atoms with Crippen molar-refractivity contribution in [3.63, 3.8) is 0 Å². The minimum absolute atomic E-state index is 0.402. The number of aromatic hydroxyl groups is 1. The van der Waals surface area contributed by atoms with Gasteiger partial charge in [0.2, 0.25) is 5.91 Å². The van der Waals surface area contributed by atoms with Gasteiger partial charge in [0, 0.05) is 5.41 Å². The average molecular weight is 392 g/mol. The first-order chi connectivity index (χ1) is 11.5. The zero-order valence-corrected chi connectivity index (χ0v) is 15.6. The Kier molecular flexibility index (Phi) is 5.41. The van der Waals surface area contributed by atoms with Crippen LogP contribution in [0.15, 0.2) is 17.0 Å². The number of rotatable bonds is 3. The highest BCUT2D eigenvalue weighted by molar-refractivity contribution is 7.93. The van der Waals surface area contributed by atoms with E-state index in [-0.39, 0.29) is 0 Å². The normalized spacial score (nSPS) is 13.2. The summed E-state index contributed by atoms with van der Waals surface area (Å²) in [5.41, 5.74) is -1.97. The highest BCUT2D eigenvalue weighted by Crippen LogP contribution is 2.45. The fraction of sp³-hybridized carbons (Fsp3) is 0.500. The smallest absolute Gasteiger partial charge is 0.408 e. The van der Waals surface area contributed by atoms with Crippen molar-refractivity contribution in [1.29, 1.82) is 5.26 Å². The molecule has 0 bridgehead atoms. The maximum Gasteiger partial charge on any atom is 0.408 e. The molecule has 1 amide bonds. The zero-order valence-electron chi connectivity index (χ0n) is 14.8. The number of halogens is 3. The zero-order chi connectivity index (χ0) is 20.7. The summed E-state index contributed by atoms with van der Waals surface area (Å²) in [5, 5.41) is 21.6. The summed E-state index contributed by atoms with van der Waals surface area (Å²) in [5.74, 6) is -1.71. The predicted molar refractivity (Wildman–Crippen MR) is 88.2 cm³/mol. The number of hydrogen-bond acceptors (Lipinski definition) is 5. The number of benzene rings is 1. The van der Waals surface area contributed by atoms with E-state index in [1.54, 1.807) is 20.8 Å². The Labute approximate surface area is 149 Å². The molecular weight excluding hydrogens is 373 g/mol. The van der Waals surface area contributed by atoms with E-state index in [0.717, 1.165) is 12.1 Å². The first-order valence-corrected chi connectivity index (χ1v) is 8.85. The van der Waals surface area contributed by atoms with Gasteiger partial charge in [-0.2, -0.15) is 18.4 Å². The number of amides is 1. The molecule has 10 heteroatoms. The van der Waals surface area contributed by atoms with E-state index in [1.807, 2.05) is 0 Å². The lowest BCUT2D eigenvalue weighted by molar-refractivity contribution is -0.153. The Hall–Kier alpha value is -2.28. The molecule has 0 aliphatic rings. The van der Waals surface area contributed by atoms with E-state index in [4.69, 9.17) is 5.26 Å². The van der Waals surface area contributed by atoms with Crippen molar-refractivity contribution in [2.75, 3.05) is 5.32 Å². The Morgan fingerprint density at radius 3 is 2.04 bits per heavy atom. The monoisotopic (exact) mass is 392 g/mol. The van der Waals surface area contributed by atoms with Crippen molar-refractivity contribution in [1.82, 2.24) is 0 Å². The fourth-order valence-corrected chi connectivity index (χ4v) is 3.33. The molecule has 0 aromatic heterocycles. The Morgan fingerprint density at radius 2 is 1.65 bits per heavy atom. The molecule has 26 heavy (non-hydrogen) atoms. The van der Waals surface area contributed by atoms with E-state index in [1.165, 1.54) is 6.07 Å². The largest absolute Gasteiger partial charge is 0.504 e. The van der Waals surface area contributed by atoms with Crippen molar-refractivity contribution in [2.45, 2.75) is 50.4 Å². The average Bonchev–Trinajstić information content (AvgIpc) is 2.46. The van der Waals surface area contributed by atoms with Crippen LogP contribution in [0.3, 0.4) is 0 Å². The van der Waals surface area contributed by atoms with Crippen LogP contribution < -0.4 is 5.32 Å². The van der Waals surface area contributed by atoms with Gasteiger partial charge in [0.25, 0.3) is 0 Å². The summed E-state index contributed by atoms with van der Waals surface area (Å²) in [6, 6.07) is 3.44. The molecule has 1 aromatic rings. The third-order valence-electron chi connectivity index (χ3n) is 3.80. The molecule has 0 saturated heterocycles. The third kappa shape index (κ3) is 3.62. The van der Waals surface area contributed by atoms with Gasteiger partial charge in [-0.15, -0.1) is 0 Å². The molecule has 0 unspecified atom stereocenters. The number of alkyl halides is 3. The van der Waals surface area contributed by atoms with Crippen LogP contribution in [0.5, 0.6) is 5.75 Å². The first-order valence-electron chi connectivity index (χ1n) is 7.37. The molecule has 2 N–H and O–H groups in total. The molecule has 0 heterocycles. The van der Waals surface area contributed by atoms with Crippen LogP contribution in [0.25, 0.3) is 0 Å². The standard InChI is InChI=1S/C16H19F3N2O4S/c1-14(2,3)13(23)21-10-7-6-9(8-20)12(11(10)22)26(24,25)15(4,5)16(17,18)19/h6-7,22H,1-5H3,(H,21,23). The summed E-state index contributed by atoms with van der Waals surface area (Å²) in [6.07, 6.45) is -5.16.